The van der Waals surface area contributed by atoms with Crippen molar-refractivity contribution in [1.82, 2.24) is 14.9 Å². The maximum atomic E-state index is 5.53. The van der Waals surface area contributed by atoms with Crippen molar-refractivity contribution in [2.24, 2.45) is 0 Å². The molecule has 2 atom stereocenters. The molecule has 4 heteroatoms. The molecule has 4 nitrogen and oxygen atoms in total. The summed E-state index contributed by atoms with van der Waals surface area (Å²) in [6.45, 7) is 7.14. The third-order valence-corrected chi connectivity index (χ3v) is 3.18. The first-order valence-corrected chi connectivity index (χ1v) is 6.15. The van der Waals surface area contributed by atoms with Crippen molar-refractivity contribution in [3.8, 4) is 0 Å². The number of aryl methyl sites for hydroxylation is 1. The average Bonchev–Trinajstić information content (AvgIpc) is 2.86. The van der Waals surface area contributed by atoms with Gasteiger partial charge < -0.3 is 14.6 Å². The van der Waals surface area contributed by atoms with Gasteiger partial charge in [-0.15, -0.1) is 0 Å². The summed E-state index contributed by atoms with van der Waals surface area (Å²) in [4.78, 5) is 4.20. The molecule has 1 fully saturated rings. The van der Waals surface area contributed by atoms with Crippen LogP contribution in [0.2, 0.25) is 0 Å². The number of nitrogens with zero attached hydrogens (tertiary/aromatic N) is 2. The second-order valence-electron chi connectivity index (χ2n) is 4.43. The van der Waals surface area contributed by atoms with Gasteiger partial charge in [0.15, 0.2) is 0 Å². The fourth-order valence-electron chi connectivity index (χ4n) is 2.17. The Kier molecular flexibility index (Phi) is 3.96. The number of aromatic nitrogens is 2. The summed E-state index contributed by atoms with van der Waals surface area (Å²) < 4.78 is 7.74. The SMILES string of the molecule is CCCn1cncc1CNC1CCOC1C. The quantitative estimate of drug-likeness (QED) is 0.823. The molecule has 1 N–H and O–H groups in total. The number of hydrogen-bond acceptors (Lipinski definition) is 3. The van der Waals surface area contributed by atoms with Crippen LogP contribution >= 0.6 is 0 Å². The van der Waals surface area contributed by atoms with Crippen LogP contribution in [-0.4, -0.2) is 28.3 Å². The van der Waals surface area contributed by atoms with Gasteiger partial charge in [0, 0.05) is 31.9 Å². The highest BCUT2D eigenvalue weighted by molar-refractivity contribution is 4.98. The van der Waals surface area contributed by atoms with E-state index in [1.54, 1.807) is 0 Å². The van der Waals surface area contributed by atoms with Crippen LogP contribution in [0.3, 0.4) is 0 Å². The lowest BCUT2D eigenvalue weighted by atomic mass is 10.1. The predicted octanol–water partition coefficient (Wildman–Crippen LogP) is 1.56. The topological polar surface area (TPSA) is 39.1 Å². The molecule has 1 aliphatic heterocycles. The van der Waals surface area contributed by atoms with Gasteiger partial charge in [0.05, 0.1) is 18.1 Å². The first-order chi connectivity index (χ1) is 7.81. The fraction of sp³-hybridized carbons (Fsp3) is 0.750. The van der Waals surface area contributed by atoms with Crippen LogP contribution in [0.25, 0.3) is 0 Å². The summed E-state index contributed by atoms with van der Waals surface area (Å²) in [6, 6.07) is 0.491. The molecule has 0 saturated carbocycles. The highest BCUT2D eigenvalue weighted by Gasteiger charge is 2.23. The third kappa shape index (κ3) is 2.62. The standard InChI is InChI=1S/C12H21N3O/c1-3-5-15-9-13-7-11(15)8-14-12-4-6-16-10(12)2/h7,9-10,12,14H,3-6,8H2,1-2H3. The first-order valence-electron chi connectivity index (χ1n) is 6.15. The Balaban J connectivity index is 1.86. The molecule has 0 amide bonds. The van der Waals surface area contributed by atoms with Gasteiger partial charge in [0.25, 0.3) is 0 Å². The zero-order valence-corrected chi connectivity index (χ0v) is 10.1. The molecule has 0 radical (unpaired) electrons. The van der Waals surface area contributed by atoms with Gasteiger partial charge in [-0.25, -0.2) is 4.98 Å². The molecule has 0 aliphatic carbocycles. The summed E-state index contributed by atoms with van der Waals surface area (Å²) in [6.07, 6.45) is 6.45. The lowest BCUT2D eigenvalue weighted by molar-refractivity contribution is 0.113. The van der Waals surface area contributed by atoms with Gasteiger partial charge in [-0.3, -0.25) is 0 Å². The smallest absolute Gasteiger partial charge is 0.0948 e. The molecule has 2 unspecified atom stereocenters. The first kappa shape index (κ1) is 11.6. The summed E-state index contributed by atoms with van der Waals surface area (Å²) in [5, 5.41) is 3.55. The lowest BCUT2D eigenvalue weighted by Crippen LogP contribution is -2.34. The molecule has 0 aromatic carbocycles. The fourth-order valence-corrected chi connectivity index (χ4v) is 2.17. The van der Waals surface area contributed by atoms with E-state index in [1.807, 2.05) is 12.5 Å². The lowest BCUT2D eigenvalue weighted by Gasteiger charge is -2.16. The highest BCUT2D eigenvalue weighted by Crippen LogP contribution is 2.13. The molecule has 1 aromatic rings. The molecule has 2 rings (SSSR count). The Morgan fingerprint density at radius 1 is 1.62 bits per heavy atom. The predicted molar refractivity (Wildman–Crippen MR) is 63.2 cm³/mol. The third-order valence-electron chi connectivity index (χ3n) is 3.18. The van der Waals surface area contributed by atoms with Gasteiger partial charge in [-0.05, 0) is 19.8 Å². The Morgan fingerprint density at radius 2 is 2.50 bits per heavy atom. The normalized spacial score (nSPS) is 25.1. The number of rotatable bonds is 5. The number of imidazole rings is 1. The van der Waals surface area contributed by atoms with E-state index in [0.717, 1.165) is 32.5 Å². The monoisotopic (exact) mass is 223 g/mol. The van der Waals surface area contributed by atoms with Crippen LogP contribution in [0.4, 0.5) is 0 Å². The Morgan fingerprint density at radius 3 is 3.19 bits per heavy atom. The largest absolute Gasteiger partial charge is 0.377 e. The highest BCUT2D eigenvalue weighted by atomic mass is 16.5. The van der Waals surface area contributed by atoms with E-state index < -0.39 is 0 Å². The van der Waals surface area contributed by atoms with Crippen LogP contribution in [0.1, 0.15) is 32.4 Å². The minimum atomic E-state index is 0.336. The van der Waals surface area contributed by atoms with Crippen LogP contribution in [0.5, 0.6) is 0 Å². The van der Waals surface area contributed by atoms with Gasteiger partial charge in [0.1, 0.15) is 0 Å². The van der Waals surface area contributed by atoms with Crippen molar-refractivity contribution < 1.29 is 4.74 Å². The second-order valence-corrected chi connectivity index (χ2v) is 4.43. The molecule has 16 heavy (non-hydrogen) atoms. The molecule has 2 heterocycles. The summed E-state index contributed by atoms with van der Waals surface area (Å²) in [5.41, 5.74) is 1.26. The van der Waals surface area contributed by atoms with E-state index >= 15 is 0 Å². The number of ether oxygens (including phenoxy) is 1. The van der Waals surface area contributed by atoms with Crippen molar-refractivity contribution in [2.45, 2.75) is 51.9 Å². The molecule has 0 spiro atoms. The van der Waals surface area contributed by atoms with E-state index in [9.17, 15) is 0 Å². The van der Waals surface area contributed by atoms with Gasteiger partial charge in [-0.1, -0.05) is 6.92 Å². The molecule has 1 aliphatic rings. The zero-order valence-electron chi connectivity index (χ0n) is 10.1. The molecule has 0 bridgehead atoms. The zero-order chi connectivity index (χ0) is 11.4. The maximum Gasteiger partial charge on any atom is 0.0948 e. The van der Waals surface area contributed by atoms with Crippen LogP contribution < -0.4 is 5.32 Å². The van der Waals surface area contributed by atoms with Gasteiger partial charge >= 0.3 is 0 Å². The Hall–Kier alpha value is -0.870. The van der Waals surface area contributed by atoms with Crippen molar-refractivity contribution in [1.29, 1.82) is 0 Å². The summed E-state index contributed by atoms with van der Waals surface area (Å²) >= 11 is 0. The number of hydrogen-bond donors (Lipinski definition) is 1. The molecule has 1 saturated heterocycles. The second kappa shape index (κ2) is 5.46. The van der Waals surface area contributed by atoms with Gasteiger partial charge in [0.2, 0.25) is 0 Å². The van der Waals surface area contributed by atoms with Crippen LogP contribution in [0.15, 0.2) is 12.5 Å². The van der Waals surface area contributed by atoms with Crippen molar-refractivity contribution >= 4 is 0 Å². The molecular weight excluding hydrogens is 202 g/mol. The van der Waals surface area contributed by atoms with E-state index in [2.05, 4.69) is 28.7 Å². The van der Waals surface area contributed by atoms with E-state index in [0.29, 0.717) is 12.1 Å². The van der Waals surface area contributed by atoms with Crippen molar-refractivity contribution in [3.63, 3.8) is 0 Å². The summed E-state index contributed by atoms with van der Waals surface area (Å²) in [5.74, 6) is 0. The number of nitrogens with one attached hydrogen (secondary N) is 1. The minimum Gasteiger partial charge on any atom is -0.377 e. The van der Waals surface area contributed by atoms with E-state index in [1.165, 1.54) is 5.69 Å². The van der Waals surface area contributed by atoms with Gasteiger partial charge in [-0.2, -0.15) is 0 Å². The minimum absolute atomic E-state index is 0.336. The van der Waals surface area contributed by atoms with Crippen LogP contribution in [-0.2, 0) is 17.8 Å². The van der Waals surface area contributed by atoms with Crippen molar-refractivity contribution in [3.05, 3.63) is 18.2 Å². The van der Waals surface area contributed by atoms with Crippen LogP contribution in [0, 0.1) is 0 Å². The Bertz CT molecular complexity index is 324. The summed E-state index contributed by atoms with van der Waals surface area (Å²) in [7, 11) is 0. The molecule has 90 valence electrons. The average molecular weight is 223 g/mol. The Labute approximate surface area is 97.0 Å². The van der Waals surface area contributed by atoms with Crippen molar-refractivity contribution in [2.75, 3.05) is 6.61 Å². The molecule has 1 aromatic heterocycles. The maximum absolute atomic E-state index is 5.53. The molecular formula is C12H21N3O. The van der Waals surface area contributed by atoms with E-state index in [4.69, 9.17) is 4.74 Å². The van der Waals surface area contributed by atoms with E-state index in [-0.39, 0.29) is 0 Å².